The maximum absolute atomic E-state index is 12.0. The van der Waals surface area contributed by atoms with E-state index in [2.05, 4.69) is 5.32 Å². The zero-order valence-corrected chi connectivity index (χ0v) is 10.7. The fraction of sp³-hybridized carbons (Fsp3) is 0.923. The second kappa shape index (κ2) is 4.56. The van der Waals surface area contributed by atoms with Crippen LogP contribution in [0.15, 0.2) is 0 Å². The van der Waals surface area contributed by atoms with Crippen molar-refractivity contribution in [2.75, 3.05) is 6.54 Å². The van der Waals surface area contributed by atoms with Crippen molar-refractivity contribution >= 4 is 6.03 Å². The number of nitrogens with one attached hydrogen (secondary N) is 2. The Morgan fingerprint density at radius 2 is 1.53 bits per heavy atom. The number of halogens is 3. The molecule has 4 bridgehead atoms. The number of urea groups is 1. The Balaban J connectivity index is 1.54. The van der Waals surface area contributed by atoms with Crippen molar-refractivity contribution in [2.24, 2.45) is 23.7 Å². The number of amides is 2. The van der Waals surface area contributed by atoms with Crippen LogP contribution in [0.4, 0.5) is 18.0 Å². The summed E-state index contributed by atoms with van der Waals surface area (Å²) in [5.41, 5.74) is 0. The van der Waals surface area contributed by atoms with E-state index < -0.39 is 18.8 Å². The van der Waals surface area contributed by atoms with E-state index in [9.17, 15) is 18.0 Å². The summed E-state index contributed by atoms with van der Waals surface area (Å²) in [5, 5.41) is 4.69. The predicted octanol–water partition coefficient (Wildman–Crippen LogP) is 2.67. The summed E-state index contributed by atoms with van der Waals surface area (Å²) in [6, 6.07) is -0.587. The third kappa shape index (κ3) is 2.82. The second-order valence-corrected chi connectivity index (χ2v) is 6.40. The maximum Gasteiger partial charge on any atom is 0.405 e. The molecule has 4 aliphatic carbocycles. The molecule has 108 valence electrons. The Bertz CT molecular complexity index is 341. The number of rotatable bonds is 2. The van der Waals surface area contributed by atoms with Gasteiger partial charge in [0.1, 0.15) is 6.54 Å². The molecule has 0 radical (unpaired) electrons. The summed E-state index contributed by atoms with van der Waals surface area (Å²) in [6.07, 6.45) is 1.52. The highest BCUT2D eigenvalue weighted by molar-refractivity contribution is 5.74. The van der Waals surface area contributed by atoms with Crippen LogP contribution < -0.4 is 10.6 Å². The van der Waals surface area contributed by atoms with Crippen LogP contribution in [-0.4, -0.2) is 24.8 Å². The smallest absolute Gasteiger partial charge is 0.335 e. The average Bonchev–Trinajstić information content (AvgIpc) is 2.29. The van der Waals surface area contributed by atoms with Gasteiger partial charge in [0.2, 0.25) is 0 Å². The van der Waals surface area contributed by atoms with Gasteiger partial charge in [-0.15, -0.1) is 0 Å². The van der Waals surface area contributed by atoms with Crippen molar-refractivity contribution in [3.63, 3.8) is 0 Å². The van der Waals surface area contributed by atoms with Crippen molar-refractivity contribution in [3.05, 3.63) is 0 Å². The molecule has 0 heterocycles. The average molecular weight is 276 g/mol. The minimum absolute atomic E-state index is 0.0843. The van der Waals surface area contributed by atoms with Crippen molar-refractivity contribution in [3.8, 4) is 0 Å². The fourth-order valence-electron chi connectivity index (χ4n) is 4.54. The standard InChI is InChI=1S/C13H19F3N2O/c14-13(15,16)6-17-12(19)18-11-9-2-7-1-8(4-9)5-10(11)3-7/h7-11H,1-6H2,(H2,17,18,19). The Morgan fingerprint density at radius 1 is 1.00 bits per heavy atom. The van der Waals surface area contributed by atoms with Gasteiger partial charge in [-0.05, 0) is 55.8 Å². The number of alkyl halides is 3. The maximum atomic E-state index is 12.0. The van der Waals surface area contributed by atoms with Crippen LogP contribution in [0.3, 0.4) is 0 Å². The molecule has 0 atom stereocenters. The quantitative estimate of drug-likeness (QED) is 0.800. The lowest BCUT2D eigenvalue weighted by molar-refractivity contribution is -0.122. The number of hydrogen-bond acceptors (Lipinski definition) is 1. The van der Waals surface area contributed by atoms with Crippen LogP contribution in [0.1, 0.15) is 32.1 Å². The monoisotopic (exact) mass is 276 g/mol. The van der Waals surface area contributed by atoms with Gasteiger partial charge in [-0.3, -0.25) is 0 Å². The molecule has 0 aromatic rings. The lowest BCUT2D eigenvalue weighted by Crippen LogP contribution is -2.57. The van der Waals surface area contributed by atoms with E-state index in [1.807, 2.05) is 5.32 Å². The summed E-state index contributed by atoms with van der Waals surface area (Å²) in [7, 11) is 0. The molecule has 4 fully saturated rings. The van der Waals surface area contributed by atoms with Crippen molar-refractivity contribution in [1.29, 1.82) is 0 Å². The molecule has 0 spiro atoms. The van der Waals surface area contributed by atoms with Crippen LogP contribution in [-0.2, 0) is 0 Å². The van der Waals surface area contributed by atoms with Crippen LogP contribution in [0.25, 0.3) is 0 Å². The normalized spacial score (nSPS) is 40.3. The van der Waals surface area contributed by atoms with Gasteiger partial charge in [0, 0.05) is 6.04 Å². The Labute approximate surface area is 110 Å². The van der Waals surface area contributed by atoms with Gasteiger partial charge in [0.25, 0.3) is 0 Å². The van der Waals surface area contributed by atoms with E-state index in [4.69, 9.17) is 0 Å². The minimum atomic E-state index is -4.35. The van der Waals surface area contributed by atoms with Crippen molar-refractivity contribution in [1.82, 2.24) is 10.6 Å². The van der Waals surface area contributed by atoms with Gasteiger partial charge >= 0.3 is 12.2 Å². The Kier molecular flexibility index (Phi) is 3.14. The van der Waals surface area contributed by atoms with Crippen LogP contribution in [0, 0.1) is 23.7 Å². The van der Waals surface area contributed by atoms with Crippen LogP contribution >= 0.6 is 0 Å². The Morgan fingerprint density at radius 3 is 2.00 bits per heavy atom. The highest BCUT2D eigenvalue weighted by Crippen LogP contribution is 2.53. The first-order chi connectivity index (χ1) is 8.90. The number of hydrogen-bond donors (Lipinski definition) is 2. The molecule has 2 amide bonds. The molecule has 6 heteroatoms. The molecular formula is C13H19F3N2O. The molecule has 0 aromatic heterocycles. The minimum Gasteiger partial charge on any atom is -0.335 e. The van der Waals surface area contributed by atoms with E-state index in [0.29, 0.717) is 11.8 Å². The van der Waals surface area contributed by atoms with Gasteiger partial charge in [0.05, 0.1) is 0 Å². The highest BCUT2D eigenvalue weighted by atomic mass is 19.4. The fourth-order valence-corrected chi connectivity index (χ4v) is 4.54. The van der Waals surface area contributed by atoms with Gasteiger partial charge in [-0.1, -0.05) is 0 Å². The van der Waals surface area contributed by atoms with E-state index >= 15 is 0 Å². The molecule has 0 aliphatic heterocycles. The molecule has 0 saturated heterocycles. The molecule has 4 aliphatic rings. The van der Waals surface area contributed by atoms with Crippen molar-refractivity contribution in [2.45, 2.75) is 44.3 Å². The number of carbonyl (C=O) groups excluding carboxylic acids is 1. The molecule has 19 heavy (non-hydrogen) atoms. The number of carbonyl (C=O) groups is 1. The SMILES string of the molecule is O=C(NCC(F)(F)F)NC1C2CC3CC(C2)CC1C3. The highest BCUT2D eigenvalue weighted by Gasteiger charge is 2.48. The van der Waals surface area contributed by atoms with Gasteiger partial charge in [-0.25, -0.2) is 4.79 Å². The molecule has 3 nitrogen and oxygen atoms in total. The zero-order valence-electron chi connectivity index (χ0n) is 10.7. The van der Waals surface area contributed by atoms with Crippen molar-refractivity contribution < 1.29 is 18.0 Å². The van der Waals surface area contributed by atoms with E-state index in [-0.39, 0.29) is 6.04 Å². The zero-order chi connectivity index (χ0) is 13.6. The first kappa shape index (κ1) is 13.1. The molecule has 0 aromatic carbocycles. The Hall–Kier alpha value is -0.940. The molecule has 0 unspecified atom stereocenters. The lowest BCUT2D eigenvalue weighted by Gasteiger charge is -2.54. The summed E-state index contributed by atoms with van der Waals surface area (Å²) in [5.74, 6) is 2.54. The van der Waals surface area contributed by atoms with Crippen LogP contribution in [0.2, 0.25) is 0 Å². The predicted molar refractivity (Wildman–Crippen MR) is 63.4 cm³/mol. The molecule has 2 N–H and O–H groups in total. The molecular weight excluding hydrogens is 257 g/mol. The topological polar surface area (TPSA) is 41.1 Å². The third-order valence-electron chi connectivity index (χ3n) is 4.97. The summed E-state index contributed by atoms with van der Waals surface area (Å²) in [4.78, 5) is 11.6. The van der Waals surface area contributed by atoms with Gasteiger partial charge < -0.3 is 10.6 Å². The molecule has 4 saturated carbocycles. The summed E-state index contributed by atoms with van der Waals surface area (Å²) >= 11 is 0. The van der Waals surface area contributed by atoms with Gasteiger partial charge in [0.15, 0.2) is 0 Å². The lowest BCUT2D eigenvalue weighted by atomic mass is 9.54. The molecule has 4 rings (SSSR count). The first-order valence-corrected chi connectivity index (χ1v) is 7.02. The van der Waals surface area contributed by atoms with Gasteiger partial charge in [-0.2, -0.15) is 13.2 Å². The summed E-state index contributed by atoms with van der Waals surface area (Å²) in [6.45, 7) is -1.26. The van der Waals surface area contributed by atoms with E-state index in [1.54, 1.807) is 0 Å². The van der Waals surface area contributed by atoms with E-state index in [0.717, 1.165) is 37.5 Å². The first-order valence-electron chi connectivity index (χ1n) is 7.02. The largest absolute Gasteiger partial charge is 0.405 e. The van der Waals surface area contributed by atoms with E-state index in [1.165, 1.54) is 6.42 Å². The summed E-state index contributed by atoms with van der Waals surface area (Å²) < 4.78 is 36.1. The van der Waals surface area contributed by atoms with Crippen LogP contribution in [0.5, 0.6) is 0 Å². The third-order valence-corrected chi connectivity index (χ3v) is 4.97. The second-order valence-electron chi connectivity index (χ2n) is 6.40.